The normalized spacial score (nSPS) is 19.9. The molecule has 1 aromatic carbocycles. The third-order valence-corrected chi connectivity index (χ3v) is 4.17. The highest BCUT2D eigenvalue weighted by molar-refractivity contribution is 5.60. The molecule has 0 spiro atoms. The van der Waals surface area contributed by atoms with Gasteiger partial charge in [-0.15, -0.1) is 0 Å². The van der Waals surface area contributed by atoms with Crippen LogP contribution in [0.1, 0.15) is 43.4 Å². The molecule has 0 unspecified atom stereocenters. The van der Waals surface area contributed by atoms with E-state index in [9.17, 15) is 0 Å². The number of aryl methyl sites for hydroxylation is 3. The van der Waals surface area contributed by atoms with Gasteiger partial charge in [0.15, 0.2) is 0 Å². The maximum absolute atomic E-state index is 3.64. The van der Waals surface area contributed by atoms with Crippen LogP contribution in [0.15, 0.2) is 12.1 Å². The zero-order valence-electron chi connectivity index (χ0n) is 13.1. The van der Waals surface area contributed by atoms with Crippen molar-refractivity contribution in [3.8, 4) is 0 Å². The lowest BCUT2D eigenvalue weighted by Gasteiger charge is -2.36. The number of nitrogens with zero attached hydrogens (tertiary/aromatic N) is 1. The van der Waals surface area contributed by atoms with E-state index in [1.807, 2.05) is 0 Å². The van der Waals surface area contributed by atoms with Crippen LogP contribution >= 0.6 is 0 Å². The van der Waals surface area contributed by atoms with Crippen molar-refractivity contribution in [3.63, 3.8) is 0 Å². The van der Waals surface area contributed by atoms with Gasteiger partial charge < -0.3 is 10.2 Å². The van der Waals surface area contributed by atoms with E-state index in [-0.39, 0.29) is 5.54 Å². The molecule has 0 saturated carbocycles. The Bertz CT molecular complexity index is 426. The van der Waals surface area contributed by atoms with E-state index in [4.69, 9.17) is 0 Å². The van der Waals surface area contributed by atoms with Crippen LogP contribution in [0.5, 0.6) is 0 Å². The van der Waals surface area contributed by atoms with E-state index in [1.54, 1.807) is 0 Å². The van der Waals surface area contributed by atoms with Gasteiger partial charge in [0.05, 0.1) is 0 Å². The molecule has 19 heavy (non-hydrogen) atoms. The predicted octanol–water partition coefficient (Wildman–Crippen LogP) is 3.58. The molecule has 1 heterocycles. The molecule has 0 aromatic heterocycles. The Labute approximate surface area is 118 Å². The summed E-state index contributed by atoms with van der Waals surface area (Å²) < 4.78 is 0. The second kappa shape index (κ2) is 5.54. The molecule has 0 bridgehead atoms. The van der Waals surface area contributed by atoms with Gasteiger partial charge >= 0.3 is 0 Å². The molecule has 106 valence electrons. The third kappa shape index (κ3) is 3.50. The van der Waals surface area contributed by atoms with E-state index in [1.165, 1.54) is 35.2 Å². The van der Waals surface area contributed by atoms with Crippen molar-refractivity contribution in [1.29, 1.82) is 0 Å². The minimum Gasteiger partial charge on any atom is -0.371 e. The van der Waals surface area contributed by atoms with E-state index in [0.29, 0.717) is 0 Å². The first kappa shape index (κ1) is 14.4. The molecule has 1 aromatic rings. The van der Waals surface area contributed by atoms with Gasteiger partial charge in [0.2, 0.25) is 0 Å². The van der Waals surface area contributed by atoms with Crippen molar-refractivity contribution in [2.45, 2.75) is 53.0 Å². The van der Waals surface area contributed by atoms with E-state index in [2.05, 4.69) is 57.0 Å². The van der Waals surface area contributed by atoms with Crippen molar-refractivity contribution in [2.24, 2.45) is 0 Å². The highest BCUT2D eigenvalue weighted by Gasteiger charge is 2.22. The molecule has 2 nitrogen and oxygen atoms in total. The highest BCUT2D eigenvalue weighted by atomic mass is 15.1. The van der Waals surface area contributed by atoms with Gasteiger partial charge in [-0.05, 0) is 65.1 Å². The molecule has 0 amide bonds. The van der Waals surface area contributed by atoms with Crippen LogP contribution in [0.25, 0.3) is 0 Å². The van der Waals surface area contributed by atoms with Gasteiger partial charge in [0.1, 0.15) is 0 Å². The van der Waals surface area contributed by atoms with Crippen molar-refractivity contribution in [1.82, 2.24) is 5.32 Å². The van der Waals surface area contributed by atoms with Crippen molar-refractivity contribution in [3.05, 3.63) is 28.8 Å². The van der Waals surface area contributed by atoms with Gasteiger partial charge in [-0.2, -0.15) is 0 Å². The number of benzene rings is 1. The zero-order chi connectivity index (χ0) is 14.0. The van der Waals surface area contributed by atoms with Crippen molar-refractivity contribution in [2.75, 3.05) is 24.5 Å². The van der Waals surface area contributed by atoms with Gasteiger partial charge in [-0.3, -0.25) is 0 Å². The van der Waals surface area contributed by atoms with Crippen LogP contribution in [-0.2, 0) is 0 Å². The van der Waals surface area contributed by atoms with Crippen LogP contribution in [0, 0.1) is 20.8 Å². The molecule has 0 radical (unpaired) electrons. The fourth-order valence-corrected chi connectivity index (χ4v) is 3.21. The standard InChI is InChI=1S/C17H28N2/c1-13-11-14(2)16(15(3)12-13)19-9-6-8-18-17(4,5)7-10-19/h11-12,18H,6-10H2,1-5H3. The summed E-state index contributed by atoms with van der Waals surface area (Å²) in [5, 5.41) is 3.64. The molecule has 0 atom stereocenters. The Hall–Kier alpha value is -1.02. The lowest BCUT2D eigenvalue weighted by molar-refractivity contribution is 0.346. The van der Waals surface area contributed by atoms with E-state index >= 15 is 0 Å². The Kier molecular flexibility index (Phi) is 4.19. The second-order valence-electron chi connectivity index (χ2n) is 6.65. The first-order valence-electron chi connectivity index (χ1n) is 7.47. The molecule has 1 aliphatic heterocycles. The van der Waals surface area contributed by atoms with Gasteiger partial charge in [0, 0.05) is 24.3 Å². The lowest BCUT2D eigenvalue weighted by atomic mass is 9.97. The molecule has 1 aliphatic rings. The van der Waals surface area contributed by atoms with Crippen LogP contribution in [0.3, 0.4) is 0 Å². The molecule has 2 heteroatoms. The van der Waals surface area contributed by atoms with Crippen LogP contribution in [0.2, 0.25) is 0 Å². The Balaban J connectivity index is 2.25. The topological polar surface area (TPSA) is 15.3 Å². The summed E-state index contributed by atoms with van der Waals surface area (Å²) in [6.07, 6.45) is 2.41. The average Bonchev–Trinajstić information content (AvgIpc) is 2.27. The highest BCUT2D eigenvalue weighted by Crippen LogP contribution is 2.28. The van der Waals surface area contributed by atoms with Crippen LogP contribution in [0.4, 0.5) is 5.69 Å². The molecule has 2 rings (SSSR count). The lowest BCUT2D eigenvalue weighted by Crippen LogP contribution is -2.46. The Morgan fingerprint density at radius 3 is 2.32 bits per heavy atom. The van der Waals surface area contributed by atoms with Crippen LogP contribution < -0.4 is 10.2 Å². The van der Waals surface area contributed by atoms with Gasteiger partial charge in [-0.1, -0.05) is 17.7 Å². The van der Waals surface area contributed by atoms with Crippen molar-refractivity contribution < 1.29 is 0 Å². The summed E-state index contributed by atoms with van der Waals surface area (Å²) in [7, 11) is 0. The molecule has 1 fully saturated rings. The quantitative estimate of drug-likeness (QED) is 0.830. The number of nitrogens with one attached hydrogen (secondary N) is 1. The minimum atomic E-state index is 0.255. The zero-order valence-corrected chi connectivity index (χ0v) is 13.1. The van der Waals surface area contributed by atoms with Crippen molar-refractivity contribution >= 4 is 5.69 Å². The maximum Gasteiger partial charge on any atom is 0.0425 e. The average molecular weight is 260 g/mol. The number of anilines is 1. The number of hydrogen-bond donors (Lipinski definition) is 1. The molecule has 1 saturated heterocycles. The fraction of sp³-hybridized carbons (Fsp3) is 0.647. The SMILES string of the molecule is Cc1cc(C)c(N2CCCNC(C)(C)CC2)c(C)c1. The largest absolute Gasteiger partial charge is 0.371 e. The number of rotatable bonds is 1. The molecule has 1 N–H and O–H groups in total. The minimum absolute atomic E-state index is 0.255. The van der Waals surface area contributed by atoms with Crippen LogP contribution in [-0.4, -0.2) is 25.2 Å². The first-order chi connectivity index (χ1) is 8.89. The third-order valence-electron chi connectivity index (χ3n) is 4.17. The molecule has 0 aliphatic carbocycles. The Morgan fingerprint density at radius 1 is 1.05 bits per heavy atom. The van der Waals surface area contributed by atoms with Gasteiger partial charge in [0.25, 0.3) is 0 Å². The summed E-state index contributed by atoms with van der Waals surface area (Å²) in [6, 6.07) is 4.62. The molecular weight excluding hydrogens is 232 g/mol. The van der Waals surface area contributed by atoms with E-state index in [0.717, 1.165) is 19.6 Å². The Morgan fingerprint density at radius 2 is 1.68 bits per heavy atom. The van der Waals surface area contributed by atoms with E-state index < -0.39 is 0 Å². The fourth-order valence-electron chi connectivity index (χ4n) is 3.21. The maximum atomic E-state index is 3.64. The monoisotopic (exact) mass is 260 g/mol. The summed E-state index contributed by atoms with van der Waals surface area (Å²) in [5.74, 6) is 0. The van der Waals surface area contributed by atoms with Gasteiger partial charge in [-0.25, -0.2) is 0 Å². The summed E-state index contributed by atoms with van der Waals surface area (Å²) in [5.41, 5.74) is 5.93. The summed E-state index contributed by atoms with van der Waals surface area (Å²) in [4.78, 5) is 2.59. The first-order valence-corrected chi connectivity index (χ1v) is 7.47. The summed E-state index contributed by atoms with van der Waals surface area (Å²) >= 11 is 0. The molecular formula is C17H28N2. The predicted molar refractivity (Wildman–Crippen MR) is 84.2 cm³/mol. The summed E-state index contributed by atoms with van der Waals surface area (Å²) in [6.45, 7) is 14.7. The second-order valence-corrected chi connectivity index (χ2v) is 6.65. The number of hydrogen-bond acceptors (Lipinski definition) is 2. The smallest absolute Gasteiger partial charge is 0.0425 e.